The quantitative estimate of drug-likeness (QED) is 0.387. The summed E-state index contributed by atoms with van der Waals surface area (Å²) < 4.78 is 0. The molecule has 0 bridgehead atoms. The number of hydrogen-bond donors (Lipinski definition) is 3. The minimum absolute atomic E-state index is 0.0512. The number of nitro benzene ring substituents is 1. The summed E-state index contributed by atoms with van der Waals surface area (Å²) in [7, 11) is 0. The molecule has 3 N–H and O–H groups in total. The van der Waals surface area contributed by atoms with Crippen molar-refractivity contribution in [2.75, 3.05) is 12.8 Å². The lowest BCUT2D eigenvalue weighted by molar-refractivity contribution is -0.387. The molecule has 0 saturated carbocycles. The van der Waals surface area contributed by atoms with E-state index in [0.717, 1.165) is 6.07 Å². The number of carbonyl (C=O) groups excluding carboxylic acids is 1. The second-order valence-corrected chi connectivity index (χ2v) is 4.89. The molecule has 0 fully saturated rings. The molecule has 0 aliphatic heterocycles. The van der Waals surface area contributed by atoms with Crippen molar-refractivity contribution < 1.29 is 24.7 Å². The maximum atomic E-state index is 11.8. The molecule has 114 valence electrons. The maximum absolute atomic E-state index is 11.8. The van der Waals surface area contributed by atoms with Crippen molar-refractivity contribution in [2.24, 2.45) is 0 Å². The van der Waals surface area contributed by atoms with Gasteiger partial charge in [-0.05, 0) is 18.4 Å². The van der Waals surface area contributed by atoms with Crippen molar-refractivity contribution in [3.63, 3.8) is 0 Å². The molecule has 21 heavy (non-hydrogen) atoms. The zero-order chi connectivity index (χ0) is 16.0. The molecule has 0 aliphatic carbocycles. The Morgan fingerprint density at radius 3 is 2.67 bits per heavy atom. The number of carbonyl (C=O) groups is 2. The molecule has 1 aromatic carbocycles. The van der Waals surface area contributed by atoms with Crippen LogP contribution in [0.3, 0.4) is 0 Å². The van der Waals surface area contributed by atoms with Crippen LogP contribution in [0.15, 0.2) is 23.1 Å². The second kappa shape index (κ2) is 7.60. The Balaban J connectivity index is 2.73. The molecule has 1 aromatic rings. The molecule has 1 atom stereocenters. The van der Waals surface area contributed by atoms with Gasteiger partial charge < -0.3 is 15.5 Å². The van der Waals surface area contributed by atoms with Crippen LogP contribution in [0.25, 0.3) is 0 Å². The first-order chi connectivity index (χ1) is 9.86. The minimum atomic E-state index is -1.56. The Bertz CT molecular complexity index is 563. The summed E-state index contributed by atoms with van der Waals surface area (Å²) in [6.45, 7) is -0.0512. The molecule has 1 amide bonds. The van der Waals surface area contributed by atoms with E-state index in [2.05, 4.69) is 5.32 Å². The number of amides is 1. The highest BCUT2D eigenvalue weighted by molar-refractivity contribution is 7.98. The summed E-state index contributed by atoms with van der Waals surface area (Å²) in [5.41, 5.74) is -0.0648. The van der Waals surface area contributed by atoms with E-state index in [4.69, 9.17) is 10.2 Å². The van der Waals surface area contributed by atoms with Crippen molar-refractivity contribution in [1.29, 1.82) is 0 Å². The van der Waals surface area contributed by atoms with E-state index >= 15 is 0 Å². The number of aliphatic carboxylic acids is 1. The largest absolute Gasteiger partial charge is 0.479 e. The number of nitro groups is 1. The van der Waals surface area contributed by atoms with Crippen LogP contribution in [0, 0.1) is 10.1 Å². The van der Waals surface area contributed by atoms with Gasteiger partial charge >= 0.3 is 5.97 Å². The highest BCUT2D eigenvalue weighted by Gasteiger charge is 2.18. The first-order valence-electron chi connectivity index (χ1n) is 5.88. The Hall–Kier alpha value is -2.13. The standard InChI is InChI=1S/C12H14N2O6S/c1-21-10-3-2-7(6-8(10)14(19)20)11(16)13-5-4-9(15)12(17)18/h2-3,6,9,15H,4-5H2,1H3,(H,13,16)(H,17,18). The van der Waals surface area contributed by atoms with Crippen LogP contribution < -0.4 is 5.32 Å². The van der Waals surface area contributed by atoms with Gasteiger partial charge in [0.25, 0.3) is 11.6 Å². The topological polar surface area (TPSA) is 130 Å². The van der Waals surface area contributed by atoms with Gasteiger partial charge in [-0.25, -0.2) is 4.79 Å². The molecule has 0 aromatic heterocycles. The summed E-state index contributed by atoms with van der Waals surface area (Å²) >= 11 is 1.20. The van der Waals surface area contributed by atoms with Crippen LogP contribution in [0.5, 0.6) is 0 Å². The Morgan fingerprint density at radius 2 is 2.14 bits per heavy atom. The summed E-state index contributed by atoms with van der Waals surface area (Å²) in [6, 6.07) is 4.08. The predicted octanol–water partition coefficient (Wildman–Crippen LogP) is 0.882. The highest BCUT2D eigenvalue weighted by atomic mass is 32.2. The van der Waals surface area contributed by atoms with E-state index in [1.165, 1.54) is 23.9 Å². The number of benzene rings is 1. The Morgan fingerprint density at radius 1 is 1.48 bits per heavy atom. The third-order valence-electron chi connectivity index (χ3n) is 2.63. The number of rotatable bonds is 7. The lowest BCUT2D eigenvalue weighted by Gasteiger charge is -2.08. The molecule has 0 radical (unpaired) electrons. The number of aliphatic hydroxyl groups excluding tert-OH is 1. The third kappa shape index (κ3) is 4.72. The fourth-order valence-corrected chi connectivity index (χ4v) is 2.07. The Labute approximate surface area is 124 Å². The first-order valence-corrected chi connectivity index (χ1v) is 7.10. The summed E-state index contributed by atoms with van der Waals surface area (Å²) in [5.74, 6) is -1.94. The van der Waals surface area contributed by atoms with Crippen LogP contribution in [0.2, 0.25) is 0 Å². The maximum Gasteiger partial charge on any atom is 0.332 e. The van der Waals surface area contributed by atoms with Crippen molar-refractivity contribution >= 4 is 29.3 Å². The van der Waals surface area contributed by atoms with Gasteiger partial charge in [-0.2, -0.15) is 0 Å². The van der Waals surface area contributed by atoms with Gasteiger partial charge in [0, 0.05) is 24.6 Å². The van der Waals surface area contributed by atoms with Crippen LogP contribution in [0.1, 0.15) is 16.8 Å². The SMILES string of the molecule is CSc1ccc(C(=O)NCCC(O)C(=O)O)cc1[N+](=O)[O-]. The Kier molecular flexibility index (Phi) is 6.12. The monoisotopic (exact) mass is 314 g/mol. The van der Waals surface area contributed by atoms with Gasteiger partial charge in [0.1, 0.15) is 0 Å². The molecular formula is C12H14N2O6S. The molecule has 1 rings (SSSR count). The number of carboxylic acids is 1. The van der Waals surface area contributed by atoms with Crippen LogP contribution in [-0.4, -0.2) is 45.9 Å². The number of carboxylic acid groups (broad SMARTS) is 1. The molecule has 0 aliphatic rings. The van der Waals surface area contributed by atoms with E-state index in [0.29, 0.717) is 4.90 Å². The summed E-state index contributed by atoms with van der Waals surface area (Å²) in [4.78, 5) is 33.0. The minimum Gasteiger partial charge on any atom is -0.479 e. The normalized spacial score (nSPS) is 11.7. The van der Waals surface area contributed by atoms with Gasteiger partial charge in [0.2, 0.25) is 0 Å². The molecule has 8 nitrogen and oxygen atoms in total. The predicted molar refractivity (Wildman–Crippen MR) is 75.5 cm³/mol. The summed E-state index contributed by atoms with van der Waals surface area (Å²) in [5, 5.41) is 30.8. The molecule has 1 unspecified atom stereocenters. The van der Waals surface area contributed by atoms with E-state index in [-0.39, 0.29) is 24.2 Å². The molecular weight excluding hydrogens is 300 g/mol. The van der Waals surface area contributed by atoms with Crippen LogP contribution in [0.4, 0.5) is 5.69 Å². The average molecular weight is 314 g/mol. The van der Waals surface area contributed by atoms with Crippen molar-refractivity contribution in [1.82, 2.24) is 5.32 Å². The van der Waals surface area contributed by atoms with E-state index in [9.17, 15) is 19.7 Å². The van der Waals surface area contributed by atoms with E-state index in [1.54, 1.807) is 6.26 Å². The second-order valence-electron chi connectivity index (χ2n) is 4.04. The fraction of sp³-hybridized carbons (Fsp3) is 0.333. The molecule has 0 saturated heterocycles. The third-order valence-corrected chi connectivity index (χ3v) is 3.41. The average Bonchev–Trinajstić information content (AvgIpc) is 2.45. The smallest absolute Gasteiger partial charge is 0.332 e. The lowest BCUT2D eigenvalue weighted by atomic mass is 10.2. The number of nitrogens with one attached hydrogen (secondary N) is 1. The molecule has 9 heteroatoms. The lowest BCUT2D eigenvalue weighted by Crippen LogP contribution is -2.30. The highest BCUT2D eigenvalue weighted by Crippen LogP contribution is 2.28. The zero-order valence-electron chi connectivity index (χ0n) is 11.1. The van der Waals surface area contributed by atoms with Gasteiger partial charge in [-0.3, -0.25) is 14.9 Å². The van der Waals surface area contributed by atoms with Crippen LogP contribution >= 0.6 is 11.8 Å². The summed E-state index contributed by atoms with van der Waals surface area (Å²) in [6.07, 6.45) is -0.0139. The van der Waals surface area contributed by atoms with Crippen molar-refractivity contribution in [3.05, 3.63) is 33.9 Å². The van der Waals surface area contributed by atoms with Gasteiger partial charge in [0.05, 0.1) is 9.82 Å². The van der Waals surface area contributed by atoms with Crippen molar-refractivity contribution in [3.8, 4) is 0 Å². The van der Waals surface area contributed by atoms with Gasteiger partial charge in [0.15, 0.2) is 6.10 Å². The zero-order valence-corrected chi connectivity index (χ0v) is 11.9. The van der Waals surface area contributed by atoms with E-state index < -0.39 is 22.9 Å². The van der Waals surface area contributed by atoms with Crippen LogP contribution in [-0.2, 0) is 4.79 Å². The number of aliphatic hydroxyl groups is 1. The fourth-order valence-electron chi connectivity index (χ4n) is 1.52. The number of hydrogen-bond acceptors (Lipinski definition) is 6. The first kappa shape index (κ1) is 16.9. The van der Waals surface area contributed by atoms with Crippen molar-refractivity contribution in [2.45, 2.75) is 17.4 Å². The van der Waals surface area contributed by atoms with Gasteiger partial charge in [-0.1, -0.05) is 0 Å². The van der Waals surface area contributed by atoms with Gasteiger partial charge in [-0.15, -0.1) is 11.8 Å². The number of nitrogens with zero attached hydrogens (tertiary/aromatic N) is 1. The van der Waals surface area contributed by atoms with E-state index in [1.807, 2.05) is 0 Å². The number of thioether (sulfide) groups is 1. The molecule has 0 spiro atoms. The molecule has 0 heterocycles.